The molecule has 212 valence electrons. The third-order valence-electron chi connectivity index (χ3n) is 8.08. The molecule has 1 aromatic rings. The maximum absolute atomic E-state index is 13.7. The van der Waals surface area contributed by atoms with E-state index in [0.29, 0.717) is 64.2 Å². The number of nitrogens with zero attached hydrogens (tertiary/aromatic N) is 6. The van der Waals surface area contributed by atoms with E-state index in [9.17, 15) is 22.8 Å². The molecule has 2 unspecified atom stereocenters. The van der Waals surface area contributed by atoms with Crippen molar-refractivity contribution in [3.63, 3.8) is 0 Å². The molecule has 4 fully saturated rings. The van der Waals surface area contributed by atoms with Crippen LogP contribution in [0, 0.1) is 17.2 Å². The van der Waals surface area contributed by atoms with Gasteiger partial charge in [-0.2, -0.15) is 18.4 Å². The van der Waals surface area contributed by atoms with Gasteiger partial charge in [0.1, 0.15) is 11.9 Å². The number of aromatic nitrogens is 1. The molecule has 4 aliphatic rings. The first-order valence-electron chi connectivity index (χ1n) is 13.4. The fraction of sp³-hybridized carbons (Fsp3) is 0.680. The van der Waals surface area contributed by atoms with E-state index in [0.717, 1.165) is 12.2 Å². The Balaban J connectivity index is 1.09. The number of ether oxygens (including phenoxy) is 1. The molecular weight excluding hydrogens is 517 g/mol. The highest BCUT2D eigenvalue weighted by Crippen LogP contribution is 2.35. The molecule has 2 N–H and O–H groups in total. The molecule has 4 aliphatic heterocycles. The summed E-state index contributed by atoms with van der Waals surface area (Å²) in [5.74, 6) is -2.35. The van der Waals surface area contributed by atoms with Crippen molar-refractivity contribution in [2.24, 2.45) is 5.92 Å². The molecule has 14 heteroatoms. The minimum absolute atomic E-state index is 0.0205. The van der Waals surface area contributed by atoms with Crippen molar-refractivity contribution in [3.8, 4) is 6.07 Å². The number of halogens is 3. The van der Waals surface area contributed by atoms with Crippen molar-refractivity contribution in [2.75, 3.05) is 63.9 Å². The molecule has 0 bridgehead atoms. The highest BCUT2D eigenvalue weighted by Gasteiger charge is 2.54. The first kappa shape index (κ1) is 27.4. The Morgan fingerprint density at radius 2 is 1.92 bits per heavy atom. The number of urea groups is 1. The topological polar surface area (TPSA) is 117 Å². The summed E-state index contributed by atoms with van der Waals surface area (Å²) >= 11 is 0. The van der Waals surface area contributed by atoms with E-state index in [1.807, 2.05) is 11.0 Å². The Hall–Kier alpha value is -3.15. The molecule has 11 nitrogen and oxygen atoms in total. The van der Waals surface area contributed by atoms with Crippen molar-refractivity contribution in [3.05, 3.63) is 23.9 Å². The highest BCUT2D eigenvalue weighted by molar-refractivity contribution is 5.80. The van der Waals surface area contributed by atoms with Gasteiger partial charge in [-0.15, -0.1) is 0 Å². The lowest BCUT2D eigenvalue weighted by atomic mass is 9.94. The Bertz CT molecular complexity index is 1070. The van der Waals surface area contributed by atoms with Crippen LogP contribution in [0.1, 0.15) is 24.8 Å². The summed E-state index contributed by atoms with van der Waals surface area (Å²) in [4.78, 5) is 36.9. The Morgan fingerprint density at radius 3 is 2.62 bits per heavy atom. The normalized spacial score (nSPS) is 28.5. The van der Waals surface area contributed by atoms with Crippen LogP contribution in [-0.4, -0.2) is 115 Å². The van der Waals surface area contributed by atoms with Gasteiger partial charge < -0.3 is 19.4 Å². The van der Waals surface area contributed by atoms with Crippen LogP contribution in [0.2, 0.25) is 0 Å². The minimum atomic E-state index is -4.62. The molecule has 3 amide bonds. The van der Waals surface area contributed by atoms with Gasteiger partial charge in [0.05, 0.1) is 18.3 Å². The van der Waals surface area contributed by atoms with Gasteiger partial charge in [0, 0.05) is 64.1 Å². The van der Waals surface area contributed by atoms with Crippen LogP contribution in [0.15, 0.2) is 18.3 Å². The number of piperazine rings is 1. The first-order chi connectivity index (χ1) is 18.7. The lowest BCUT2D eigenvalue weighted by molar-refractivity contribution is -0.201. The van der Waals surface area contributed by atoms with Gasteiger partial charge >= 0.3 is 12.2 Å². The Kier molecular flexibility index (Phi) is 8.11. The summed E-state index contributed by atoms with van der Waals surface area (Å²) < 4.78 is 47.1. The average Bonchev–Trinajstić information content (AvgIpc) is 3.60. The highest BCUT2D eigenvalue weighted by atomic mass is 19.4. The van der Waals surface area contributed by atoms with Crippen molar-refractivity contribution in [2.45, 2.75) is 43.6 Å². The predicted molar refractivity (Wildman–Crippen MR) is 133 cm³/mol. The van der Waals surface area contributed by atoms with Crippen molar-refractivity contribution in [1.82, 2.24) is 30.5 Å². The van der Waals surface area contributed by atoms with Crippen molar-refractivity contribution < 1.29 is 27.5 Å². The van der Waals surface area contributed by atoms with Gasteiger partial charge in [0.25, 0.3) is 0 Å². The number of hydrogen-bond acceptors (Lipinski definition) is 8. The van der Waals surface area contributed by atoms with Gasteiger partial charge in [0.15, 0.2) is 5.92 Å². The van der Waals surface area contributed by atoms with Crippen LogP contribution in [0.3, 0.4) is 0 Å². The van der Waals surface area contributed by atoms with E-state index < -0.39 is 24.0 Å². The third-order valence-corrected chi connectivity index (χ3v) is 8.08. The molecule has 4 atom stereocenters. The predicted octanol–water partition coefficient (Wildman–Crippen LogP) is 0.932. The Morgan fingerprint density at radius 1 is 1.13 bits per heavy atom. The molecule has 0 spiro atoms. The van der Waals surface area contributed by atoms with Crippen LogP contribution in [-0.2, 0) is 9.53 Å². The summed E-state index contributed by atoms with van der Waals surface area (Å²) in [5, 5.41) is 8.94. The van der Waals surface area contributed by atoms with E-state index in [-0.39, 0.29) is 31.3 Å². The molecule has 0 radical (unpaired) electrons. The molecule has 1 aromatic heterocycles. The quantitative estimate of drug-likeness (QED) is 0.557. The maximum atomic E-state index is 13.7. The standard InChI is InChI=1S/C25H33F3N8O3/c26-25(27,28)22-20(14-31-32-23(22)37)36-6-1-2-18(36)16-39-19-5-7-35(15-19)24(38)34-10-8-33(9-11-34)21-4-3-17(12-29)13-30-21/h3-4,13,18-20,22,31H,1-2,5-11,14-16H2,(H,32,37)/t18-,19+,20?,22?/m0/s1. The maximum Gasteiger partial charge on any atom is 0.402 e. The van der Waals surface area contributed by atoms with Gasteiger partial charge in [0.2, 0.25) is 5.91 Å². The van der Waals surface area contributed by atoms with E-state index in [1.165, 1.54) is 0 Å². The zero-order valence-corrected chi connectivity index (χ0v) is 21.6. The summed E-state index contributed by atoms with van der Waals surface area (Å²) in [7, 11) is 0. The zero-order valence-electron chi connectivity index (χ0n) is 21.6. The van der Waals surface area contributed by atoms with E-state index in [1.54, 1.807) is 22.1 Å². The number of hydrogen-bond donors (Lipinski definition) is 2. The minimum Gasteiger partial charge on any atom is -0.375 e. The summed E-state index contributed by atoms with van der Waals surface area (Å²) in [6.07, 6.45) is -1.13. The lowest BCUT2D eigenvalue weighted by Gasteiger charge is -2.41. The number of carbonyl (C=O) groups is 2. The van der Waals surface area contributed by atoms with Gasteiger partial charge in [-0.3, -0.25) is 15.1 Å². The summed E-state index contributed by atoms with van der Waals surface area (Å²) in [6, 6.07) is 4.37. The smallest absolute Gasteiger partial charge is 0.375 e. The summed E-state index contributed by atoms with van der Waals surface area (Å²) in [6.45, 7) is 4.19. The van der Waals surface area contributed by atoms with Gasteiger partial charge in [-0.05, 0) is 37.9 Å². The Labute approximate surface area is 224 Å². The number of carbonyl (C=O) groups excluding carboxylic acids is 2. The largest absolute Gasteiger partial charge is 0.402 e. The molecule has 0 saturated carbocycles. The van der Waals surface area contributed by atoms with E-state index >= 15 is 0 Å². The van der Waals surface area contributed by atoms with Gasteiger partial charge in [-0.25, -0.2) is 15.2 Å². The fourth-order valence-corrected chi connectivity index (χ4v) is 6.01. The molecule has 4 saturated heterocycles. The average molecular weight is 551 g/mol. The first-order valence-corrected chi connectivity index (χ1v) is 13.4. The van der Waals surface area contributed by atoms with Crippen LogP contribution in [0.5, 0.6) is 0 Å². The second-order valence-electron chi connectivity index (χ2n) is 10.5. The van der Waals surface area contributed by atoms with Crippen molar-refractivity contribution in [1.29, 1.82) is 5.26 Å². The van der Waals surface area contributed by atoms with Gasteiger partial charge in [-0.1, -0.05) is 0 Å². The third kappa shape index (κ3) is 6.05. The number of likely N-dealkylation sites (tertiary alicyclic amines) is 2. The number of nitriles is 1. The lowest BCUT2D eigenvalue weighted by Crippen LogP contribution is -2.65. The number of nitrogens with one attached hydrogen (secondary N) is 2. The summed E-state index contributed by atoms with van der Waals surface area (Å²) in [5.41, 5.74) is 5.22. The van der Waals surface area contributed by atoms with Crippen LogP contribution in [0.4, 0.5) is 23.8 Å². The van der Waals surface area contributed by atoms with Crippen LogP contribution in [0.25, 0.3) is 0 Å². The van der Waals surface area contributed by atoms with Crippen LogP contribution < -0.4 is 15.8 Å². The number of rotatable bonds is 5. The number of anilines is 1. The van der Waals surface area contributed by atoms with Crippen molar-refractivity contribution >= 4 is 17.8 Å². The van der Waals surface area contributed by atoms with E-state index in [4.69, 9.17) is 10.00 Å². The SMILES string of the molecule is N#Cc1ccc(N2CCN(C(=O)N3CC[C@@H](OC[C@@H]4CCCN4C4CNNC(=O)C4C(F)(F)F)C3)CC2)nc1. The second-order valence-corrected chi connectivity index (χ2v) is 10.5. The molecule has 5 heterocycles. The number of pyridine rings is 1. The molecule has 0 aromatic carbocycles. The van der Waals surface area contributed by atoms with E-state index in [2.05, 4.69) is 26.8 Å². The fourth-order valence-electron chi connectivity index (χ4n) is 6.01. The number of amides is 3. The monoisotopic (exact) mass is 550 g/mol. The molecule has 5 rings (SSSR count). The molecule has 0 aliphatic carbocycles. The second kappa shape index (κ2) is 11.5. The number of alkyl halides is 3. The number of hydrazine groups is 1. The zero-order chi connectivity index (χ0) is 27.6. The molecular formula is C25H33F3N8O3. The van der Waals surface area contributed by atoms with Crippen LogP contribution >= 0.6 is 0 Å². The molecule has 39 heavy (non-hydrogen) atoms.